The number of nitrogens with two attached hydrogens (primary N) is 1. The summed E-state index contributed by atoms with van der Waals surface area (Å²) in [5.41, 5.74) is 11.1. The zero-order valence-electron chi connectivity index (χ0n) is 35.6. The number of nitrogens with zero attached hydrogens (tertiary/aromatic N) is 6. The molecular formula is C48H50F4N8O4. The van der Waals surface area contributed by atoms with Gasteiger partial charge in [-0.2, -0.15) is 4.99 Å². The Morgan fingerprint density at radius 2 is 1.48 bits per heavy atom. The molecule has 3 aromatic rings. The second kappa shape index (κ2) is 16.4. The van der Waals surface area contributed by atoms with E-state index in [1.165, 1.54) is 17.0 Å². The normalized spacial score (nSPS) is 24.5. The third-order valence-corrected chi connectivity index (χ3v) is 14.8. The molecule has 0 spiro atoms. The molecular weight excluding hydrogens is 829 g/mol. The summed E-state index contributed by atoms with van der Waals surface area (Å²) in [4.78, 5) is 64.6. The van der Waals surface area contributed by atoms with Gasteiger partial charge >= 0.3 is 0 Å². The molecule has 3 aromatic carbocycles. The van der Waals surface area contributed by atoms with Crippen molar-refractivity contribution < 1.29 is 36.7 Å². The monoisotopic (exact) mass is 878 g/mol. The molecule has 334 valence electrons. The Morgan fingerprint density at radius 3 is 2.09 bits per heavy atom. The summed E-state index contributed by atoms with van der Waals surface area (Å²) in [6.07, 6.45) is 1.74. The van der Waals surface area contributed by atoms with E-state index >= 15 is 8.78 Å². The fraction of sp³-hybridized carbons (Fsp3) is 0.458. The number of benzene rings is 3. The summed E-state index contributed by atoms with van der Waals surface area (Å²) in [5, 5.41) is 9.01. The number of fused-ring (bicyclic) bond motifs is 4. The van der Waals surface area contributed by atoms with Gasteiger partial charge in [0.1, 0.15) is 17.5 Å². The number of alkyl halides is 2. The van der Waals surface area contributed by atoms with Crippen LogP contribution in [0.4, 0.5) is 23.2 Å². The Bertz CT molecular complexity index is 2490. The van der Waals surface area contributed by atoms with E-state index < -0.39 is 54.5 Å². The summed E-state index contributed by atoms with van der Waals surface area (Å²) in [5.74, 6) is -2.71. The van der Waals surface area contributed by atoms with Crippen LogP contribution in [0.1, 0.15) is 113 Å². The number of hydrogen-bond acceptors (Lipinski definition) is 9. The number of piperidine rings is 2. The number of amidine groups is 1. The second-order valence-electron chi connectivity index (χ2n) is 18.5. The molecule has 2 saturated heterocycles. The number of hydrogen-bond donors (Lipinski definition) is 2. The molecule has 0 radical (unpaired) electrons. The maximum Gasteiger partial charge on any atom is 0.262 e. The first-order valence-electron chi connectivity index (χ1n) is 22.4. The van der Waals surface area contributed by atoms with Crippen molar-refractivity contribution in [1.29, 1.82) is 5.41 Å². The van der Waals surface area contributed by atoms with Crippen LogP contribution in [0.25, 0.3) is 5.57 Å². The predicted molar refractivity (Wildman–Crippen MR) is 231 cm³/mol. The maximum absolute atomic E-state index is 16.4. The number of nitrogens with one attached hydrogen (secondary N) is 1. The fourth-order valence-corrected chi connectivity index (χ4v) is 11.5. The zero-order chi connectivity index (χ0) is 44.7. The van der Waals surface area contributed by atoms with Crippen LogP contribution in [0.15, 0.2) is 59.1 Å². The molecule has 3 N–H and O–H groups in total. The van der Waals surface area contributed by atoms with Gasteiger partial charge in [-0.15, -0.1) is 0 Å². The van der Waals surface area contributed by atoms with E-state index in [4.69, 9.17) is 11.1 Å². The number of anilines is 1. The third kappa shape index (κ3) is 7.22. The van der Waals surface area contributed by atoms with Crippen molar-refractivity contribution in [1.82, 2.24) is 19.6 Å². The molecule has 4 amide bonds. The van der Waals surface area contributed by atoms with Gasteiger partial charge in [-0.1, -0.05) is 24.3 Å². The molecule has 6 aliphatic heterocycles. The van der Waals surface area contributed by atoms with Crippen LogP contribution in [0.2, 0.25) is 0 Å². The minimum atomic E-state index is -2.72. The smallest absolute Gasteiger partial charge is 0.262 e. The van der Waals surface area contributed by atoms with Crippen LogP contribution < -0.4 is 10.6 Å². The number of rotatable bonds is 8. The number of carbonyl (C=O) groups is 4. The molecule has 0 aromatic heterocycles. The van der Waals surface area contributed by atoms with Crippen molar-refractivity contribution in [3.8, 4) is 0 Å². The van der Waals surface area contributed by atoms with Crippen molar-refractivity contribution in [2.45, 2.75) is 102 Å². The van der Waals surface area contributed by atoms with Crippen LogP contribution in [-0.2, 0) is 22.7 Å². The lowest BCUT2D eigenvalue weighted by Gasteiger charge is -2.43. The number of amides is 4. The minimum Gasteiger partial charge on any atom is -0.385 e. The first-order chi connectivity index (χ1) is 30.7. The van der Waals surface area contributed by atoms with E-state index in [-0.39, 0.29) is 64.9 Å². The highest BCUT2D eigenvalue weighted by Gasteiger charge is 2.46. The van der Waals surface area contributed by atoms with Crippen molar-refractivity contribution in [2.75, 3.05) is 37.6 Å². The van der Waals surface area contributed by atoms with E-state index in [2.05, 4.69) is 9.89 Å². The highest BCUT2D eigenvalue weighted by molar-refractivity contribution is 6.24. The van der Waals surface area contributed by atoms with Crippen LogP contribution in [0.3, 0.4) is 0 Å². The van der Waals surface area contributed by atoms with Gasteiger partial charge in [-0.25, -0.2) is 17.6 Å². The predicted octanol–water partition coefficient (Wildman–Crippen LogP) is 6.46. The van der Waals surface area contributed by atoms with Crippen LogP contribution in [-0.4, -0.2) is 112 Å². The second-order valence-corrected chi connectivity index (χ2v) is 18.5. The van der Waals surface area contributed by atoms with Gasteiger partial charge in [0.05, 0.1) is 35.5 Å². The Balaban J connectivity index is 0.738. The Hall–Kier alpha value is -5.74. The Morgan fingerprint density at radius 1 is 0.859 bits per heavy atom. The van der Waals surface area contributed by atoms with Crippen LogP contribution in [0.5, 0.6) is 0 Å². The number of imide groups is 1. The molecule has 0 bridgehead atoms. The molecule has 3 atom stereocenters. The van der Waals surface area contributed by atoms with Crippen molar-refractivity contribution >= 4 is 46.4 Å². The molecule has 10 rings (SSSR count). The van der Waals surface area contributed by atoms with Gasteiger partial charge < -0.3 is 20.4 Å². The molecule has 64 heavy (non-hydrogen) atoms. The highest BCUT2D eigenvalue weighted by Crippen LogP contribution is 2.50. The number of likely N-dealkylation sites (tertiary alicyclic amines) is 1. The van der Waals surface area contributed by atoms with Gasteiger partial charge in [-0.3, -0.25) is 34.4 Å². The summed E-state index contributed by atoms with van der Waals surface area (Å²) >= 11 is 0. The summed E-state index contributed by atoms with van der Waals surface area (Å²) in [6.45, 7) is 4.69. The largest absolute Gasteiger partial charge is 0.385 e. The van der Waals surface area contributed by atoms with E-state index in [1.54, 1.807) is 36.1 Å². The molecule has 2 fully saturated rings. The summed E-state index contributed by atoms with van der Waals surface area (Å²) in [6, 6.07) is 11.3. The number of halogens is 4. The van der Waals surface area contributed by atoms with E-state index in [0.29, 0.717) is 55.8 Å². The topological polar surface area (TPSA) is 147 Å². The quantitative estimate of drug-likeness (QED) is 0.194. The Kier molecular flexibility index (Phi) is 10.8. The fourth-order valence-electron chi connectivity index (χ4n) is 11.5. The van der Waals surface area contributed by atoms with Crippen molar-refractivity contribution in [3.05, 3.63) is 105 Å². The molecule has 16 heteroatoms. The van der Waals surface area contributed by atoms with E-state index in [0.717, 1.165) is 65.9 Å². The third-order valence-electron chi connectivity index (χ3n) is 14.8. The van der Waals surface area contributed by atoms with Crippen LogP contribution in [0, 0.1) is 23.0 Å². The first kappa shape index (κ1) is 42.2. The van der Waals surface area contributed by atoms with Gasteiger partial charge in [0.15, 0.2) is 0 Å². The van der Waals surface area contributed by atoms with E-state index in [1.807, 2.05) is 17.0 Å². The average Bonchev–Trinajstić information content (AvgIpc) is 3.90. The summed E-state index contributed by atoms with van der Waals surface area (Å²) < 4.78 is 60.7. The lowest BCUT2D eigenvalue weighted by molar-refractivity contribution is -0.133. The lowest BCUT2D eigenvalue weighted by Crippen LogP contribution is -2.49. The molecule has 7 aliphatic rings. The minimum absolute atomic E-state index is 0.0345. The molecule has 1 unspecified atom stereocenters. The molecule has 6 heterocycles. The zero-order valence-corrected chi connectivity index (χ0v) is 35.6. The van der Waals surface area contributed by atoms with Gasteiger partial charge in [0.2, 0.25) is 11.8 Å². The summed E-state index contributed by atoms with van der Waals surface area (Å²) in [7, 11) is 0. The molecule has 1 aliphatic carbocycles. The molecule has 0 saturated carbocycles. The van der Waals surface area contributed by atoms with Crippen LogP contribution >= 0.6 is 0 Å². The van der Waals surface area contributed by atoms with Gasteiger partial charge in [-0.05, 0) is 111 Å². The van der Waals surface area contributed by atoms with Gasteiger partial charge in [0, 0.05) is 73.5 Å². The average molecular weight is 879 g/mol. The standard InChI is InChI=1S/C48H50F4N8O4/c1-25-16-33-31-4-2-3-5-32(31)44(53)42(33)45(59(25)24-39(51)52)43-36(49)20-30(21-37(43)50)57-14-10-29(11-15-57)56-12-8-26(9-13-56)17-41(62)58-22-27-18-34-35(19-28(27)23-58)48(64)60(47(34)63)38-6-7-40(61)55-46(38)54/h2-5,18-21,25-26,29,38-39,45,53H,6-17,22-24H2,1H3,(H2,54,55,61)/t25-,38?,45+/m1/s1. The first-order valence-corrected chi connectivity index (χ1v) is 22.4. The SMILES string of the molecule is C[C@@H]1CC2=C(C(=N)c3ccccc32)[C@@H](c2c(F)cc(N3CCC(N4CCC(CC(=O)N5Cc6cc7c(cc6C5)C(=O)N(C5CCC(=O)N=C5N)C7=O)CC4)CC3)cc2F)N1CC(F)F. The highest BCUT2D eigenvalue weighted by atomic mass is 19.3. The van der Waals surface area contributed by atoms with Gasteiger partial charge in [0.25, 0.3) is 18.2 Å². The molecule has 12 nitrogen and oxygen atoms in total. The Labute approximate surface area is 368 Å². The number of carbonyl (C=O) groups excluding carboxylic acids is 4. The lowest BCUT2D eigenvalue weighted by atomic mass is 9.84. The van der Waals surface area contributed by atoms with E-state index in [9.17, 15) is 28.0 Å². The van der Waals surface area contributed by atoms with Crippen molar-refractivity contribution in [3.63, 3.8) is 0 Å². The van der Waals surface area contributed by atoms with Crippen molar-refractivity contribution in [2.24, 2.45) is 16.6 Å². The maximum atomic E-state index is 16.4. The number of aliphatic imine (C=N–C) groups is 1.